The van der Waals surface area contributed by atoms with Gasteiger partial charge in [0.15, 0.2) is 5.82 Å². The van der Waals surface area contributed by atoms with Crippen LogP contribution in [0.1, 0.15) is 63.6 Å². The first-order valence-electron chi connectivity index (χ1n) is 9.09. The number of likely N-dealkylation sites (tertiary alicyclic amines) is 1. The highest BCUT2D eigenvalue weighted by atomic mass is 19.4. The molecule has 0 amide bonds. The summed E-state index contributed by atoms with van der Waals surface area (Å²) in [7, 11) is 0. The molecule has 5 nitrogen and oxygen atoms in total. The van der Waals surface area contributed by atoms with Gasteiger partial charge in [0.2, 0.25) is 0 Å². The van der Waals surface area contributed by atoms with Gasteiger partial charge < -0.3 is 0 Å². The molecule has 2 aliphatic rings. The summed E-state index contributed by atoms with van der Waals surface area (Å²) in [6.45, 7) is 0.238. The largest absolute Gasteiger partial charge is 0.408 e. The van der Waals surface area contributed by atoms with Crippen LogP contribution in [0.4, 0.5) is 13.2 Å². The van der Waals surface area contributed by atoms with Crippen molar-refractivity contribution in [1.82, 2.24) is 25.1 Å². The second kappa shape index (κ2) is 7.80. The predicted octanol–water partition coefficient (Wildman–Crippen LogP) is 3.56. The lowest BCUT2D eigenvalue weighted by molar-refractivity contribution is -0.143. The van der Waals surface area contributed by atoms with Crippen LogP contribution in [0, 0.1) is 5.92 Å². The Morgan fingerprint density at radius 1 is 0.958 bits per heavy atom. The van der Waals surface area contributed by atoms with E-state index in [2.05, 4.69) is 20.4 Å². The maximum absolute atomic E-state index is 12.7. The monoisotopic (exact) mass is 345 g/mol. The molecule has 0 aromatic carbocycles. The van der Waals surface area contributed by atoms with Crippen molar-refractivity contribution in [2.24, 2.45) is 5.92 Å². The Balaban J connectivity index is 1.72. The Labute approximate surface area is 140 Å². The highest BCUT2D eigenvalue weighted by Crippen LogP contribution is 2.33. The standard InChI is InChI=1S/C16H26F3N5/c17-16(18,19)12-24-15(20-21-22-24)11-23-10-6-2-5-9-14(23)13-7-3-1-4-8-13/h13-14H,1-12H2/t14-/m0/s1. The van der Waals surface area contributed by atoms with E-state index in [4.69, 9.17) is 0 Å². The van der Waals surface area contributed by atoms with Crippen molar-refractivity contribution in [3.05, 3.63) is 5.82 Å². The third-order valence-electron chi connectivity index (χ3n) is 5.39. The molecule has 1 atom stereocenters. The number of tetrazole rings is 1. The Hall–Kier alpha value is -1.18. The van der Waals surface area contributed by atoms with Gasteiger partial charge in [-0.15, -0.1) is 5.10 Å². The van der Waals surface area contributed by atoms with Gasteiger partial charge in [0, 0.05) is 6.04 Å². The van der Waals surface area contributed by atoms with Crippen LogP contribution in [0.15, 0.2) is 0 Å². The molecule has 1 aliphatic heterocycles. The molecule has 3 rings (SSSR count). The molecule has 2 heterocycles. The Morgan fingerprint density at radius 3 is 2.42 bits per heavy atom. The molecule has 136 valence electrons. The minimum Gasteiger partial charge on any atom is -0.293 e. The molecule has 0 bridgehead atoms. The zero-order valence-electron chi connectivity index (χ0n) is 14.0. The first-order valence-corrected chi connectivity index (χ1v) is 9.09. The van der Waals surface area contributed by atoms with Crippen LogP contribution in [0.2, 0.25) is 0 Å². The average molecular weight is 345 g/mol. The third-order valence-corrected chi connectivity index (χ3v) is 5.39. The topological polar surface area (TPSA) is 46.8 Å². The van der Waals surface area contributed by atoms with Gasteiger partial charge in [-0.05, 0) is 48.6 Å². The van der Waals surface area contributed by atoms with Crippen LogP contribution in [0.25, 0.3) is 0 Å². The molecule has 2 fully saturated rings. The second-order valence-electron chi connectivity index (χ2n) is 7.15. The summed E-state index contributed by atoms with van der Waals surface area (Å²) in [6.07, 6.45) is 6.72. The normalized spacial score (nSPS) is 24.9. The molecule has 0 spiro atoms. The lowest BCUT2D eigenvalue weighted by Crippen LogP contribution is -2.41. The fourth-order valence-electron chi connectivity index (χ4n) is 4.25. The van der Waals surface area contributed by atoms with E-state index in [1.54, 1.807) is 0 Å². The van der Waals surface area contributed by atoms with Gasteiger partial charge in [-0.25, -0.2) is 4.68 Å². The molecule has 0 N–H and O–H groups in total. The third kappa shape index (κ3) is 4.68. The lowest BCUT2D eigenvalue weighted by Gasteiger charge is -2.37. The maximum Gasteiger partial charge on any atom is 0.408 e. The Morgan fingerprint density at radius 2 is 1.67 bits per heavy atom. The second-order valence-corrected chi connectivity index (χ2v) is 7.15. The first-order chi connectivity index (χ1) is 11.5. The molecule has 0 unspecified atom stereocenters. The van der Waals surface area contributed by atoms with Crippen LogP contribution in [0.3, 0.4) is 0 Å². The van der Waals surface area contributed by atoms with Crippen molar-refractivity contribution in [3.8, 4) is 0 Å². The van der Waals surface area contributed by atoms with Crippen molar-refractivity contribution in [1.29, 1.82) is 0 Å². The van der Waals surface area contributed by atoms with Crippen molar-refractivity contribution < 1.29 is 13.2 Å². The van der Waals surface area contributed by atoms with Crippen molar-refractivity contribution in [3.63, 3.8) is 0 Å². The molecule has 24 heavy (non-hydrogen) atoms. The SMILES string of the molecule is FC(F)(F)Cn1nnnc1CN1CCCCC[C@H]1C1CCCCC1. The zero-order valence-corrected chi connectivity index (χ0v) is 14.0. The van der Waals surface area contributed by atoms with E-state index >= 15 is 0 Å². The molecule has 1 saturated heterocycles. The molecule has 0 radical (unpaired) electrons. The quantitative estimate of drug-likeness (QED) is 0.837. The maximum atomic E-state index is 12.7. The summed E-state index contributed by atoms with van der Waals surface area (Å²) in [6, 6.07) is 0.462. The molecule has 1 aromatic heterocycles. The number of nitrogens with zero attached hydrogens (tertiary/aromatic N) is 5. The van der Waals surface area contributed by atoms with E-state index < -0.39 is 12.7 Å². The minimum absolute atomic E-state index is 0.329. The van der Waals surface area contributed by atoms with Crippen LogP contribution >= 0.6 is 0 Å². The fraction of sp³-hybridized carbons (Fsp3) is 0.938. The van der Waals surface area contributed by atoms with Gasteiger partial charge in [0.05, 0.1) is 6.54 Å². The van der Waals surface area contributed by atoms with Gasteiger partial charge >= 0.3 is 6.18 Å². The minimum atomic E-state index is -4.30. The van der Waals surface area contributed by atoms with E-state index in [1.807, 2.05) is 0 Å². The number of rotatable bonds is 4. The number of hydrogen-bond donors (Lipinski definition) is 0. The van der Waals surface area contributed by atoms with Gasteiger partial charge in [-0.1, -0.05) is 32.1 Å². The van der Waals surface area contributed by atoms with E-state index in [1.165, 1.54) is 44.9 Å². The molecule has 8 heteroatoms. The smallest absolute Gasteiger partial charge is 0.293 e. The summed E-state index contributed by atoms with van der Waals surface area (Å²) < 4.78 is 38.9. The highest BCUT2D eigenvalue weighted by molar-refractivity contribution is 4.89. The van der Waals surface area contributed by atoms with Gasteiger partial charge in [0.1, 0.15) is 6.54 Å². The predicted molar refractivity (Wildman–Crippen MR) is 83.1 cm³/mol. The number of halogens is 3. The Kier molecular flexibility index (Phi) is 5.73. The van der Waals surface area contributed by atoms with E-state index in [0.717, 1.165) is 24.1 Å². The summed E-state index contributed by atoms with van der Waals surface area (Å²) in [5, 5.41) is 10.9. The van der Waals surface area contributed by atoms with Crippen molar-refractivity contribution >= 4 is 0 Å². The fourth-order valence-corrected chi connectivity index (χ4v) is 4.25. The lowest BCUT2D eigenvalue weighted by atomic mass is 9.81. The summed E-state index contributed by atoms with van der Waals surface area (Å²) in [5.74, 6) is 0.999. The highest BCUT2D eigenvalue weighted by Gasteiger charge is 2.33. The van der Waals surface area contributed by atoms with Crippen LogP contribution in [0.5, 0.6) is 0 Å². The van der Waals surface area contributed by atoms with E-state index in [0.29, 0.717) is 24.3 Å². The number of hydrogen-bond acceptors (Lipinski definition) is 4. The van der Waals surface area contributed by atoms with Crippen molar-refractivity contribution in [2.45, 2.75) is 83.1 Å². The zero-order chi connectivity index (χ0) is 17.0. The first kappa shape index (κ1) is 17.6. The van der Waals surface area contributed by atoms with Gasteiger partial charge in [-0.2, -0.15) is 13.2 Å². The molecular weight excluding hydrogens is 319 g/mol. The number of aromatic nitrogens is 4. The van der Waals surface area contributed by atoms with Crippen LogP contribution in [-0.2, 0) is 13.1 Å². The van der Waals surface area contributed by atoms with E-state index in [9.17, 15) is 13.2 Å². The Bertz CT molecular complexity index is 510. The van der Waals surface area contributed by atoms with Crippen molar-refractivity contribution in [2.75, 3.05) is 6.54 Å². The van der Waals surface area contributed by atoms with Gasteiger partial charge in [0.25, 0.3) is 0 Å². The summed E-state index contributed by atoms with van der Waals surface area (Å²) in [4.78, 5) is 2.35. The molecular formula is C16H26F3N5. The summed E-state index contributed by atoms with van der Waals surface area (Å²) >= 11 is 0. The van der Waals surface area contributed by atoms with E-state index in [-0.39, 0.29) is 0 Å². The molecule has 1 saturated carbocycles. The average Bonchev–Trinajstić information content (AvgIpc) is 2.82. The molecule has 1 aliphatic carbocycles. The van der Waals surface area contributed by atoms with Crippen LogP contribution < -0.4 is 0 Å². The number of alkyl halides is 3. The van der Waals surface area contributed by atoms with Crippen LogP contribution in [-0.4, -0.2) is 43.9 Å². The molecule has 1 aromatic rings. The summed E-state index contributed by atoms with van der Waals surface area (Å²) in [5.41, 5.74) is 0. The van der Waals surface area contributed by atoms with Gasteiger partial charge in [-0.3, -0.25) is 4.90 Å².